The van der Waals surface area contributed by atoms with Gasteiger partial charge < -0.3 is 24.4 Å². The molecule has 0 atom stereocenters. The zero-order valence-electron chi connectivity index (χ0n) is 21.6. The van der Waals surface area contributed by atoms with Crippen LogP contribution >= 0.6 is 0 Å². The molecule has 10 nitrogen and oxygen atoms in total. The number of amides is 3. The third-order valence-corrected chi connectivity index (χ3v) is 6.15. The summed E-state index contributed by atoms with van der Waals surface area (Å²) in [7, 11) is 3.14. The molecule has 1 N–H and O–H groups in total. The van der Waals surface area contributed by atoms with Gasteiger partial charge in [0.1, 0.15) is 12.1 Å². The molecule has 0 saturated carbocycles. The second-order valence-corrected chi connectivity index (χ2v) is 10.3. The largest absolute Gasteiger partial charge is 0.493 e. The van der Waals surface area contributed by atoms with Crippen molar-refractivity contribution in [3.63, 3.8) is 0 Å². The topological polar surface area (TPSA) is 110 Å². The number of carbonyl (C=O) groups excluding carboxylic acids is 3. The normalized spacial score (nSPS) is 18.3. The lowest BCUT2D eigenvalue weighted by Crippen LogP contribution is -2.49. The Morgan fingerprint density at radius 3 is 2.31 bits per heavy atom. The number of hydrogen-bond acceptors (Lipinski definition) is 7. The first-order valence-electron chi connectivity index (χ1n) is 11.8. The van der Waals surface area contributed by atoms with Crippen LogP contribution < -0.4 is 14.8 Å². The summed E-state index contributed by atoms with van der Waals surface area (Å²) in [5, 5.41) is 8.82. The molecule has 0 radical (unpaired) electrons. The van der Waals surface area contributed by atoms with Gasteiger partial charge >= 0.3 is 6.09 Å². The Morgan fingerprint density at radius 1 is 1.11 bits per heavy atom. The van der Waals surface area contributed by atoms with Gasteiger partial charge in [0.05, 0.1) is 31.4 Å². The van der Waals surface area contributed by atoms with Gasteiger partial charge in [0.15, 0.2) is 11.5 Å². The fraction of sp³-hybridized carbons (Fsp3) is 0.600. The van der Waals surface area contributed by atoms with Gasteiger partial charge in [-0.1, -0.05) is 0 Å². The number of likely N-dealkylation sites (tertiary alicyclic amines) is 1. The maximum Gasteiger partial charge on any atom is 0.408 e. The van der Waals surface area contributed by atoms with Crippen LogP contribution in [0.1, 0.15) is 53.0 Å². The van der Waals surface area contributed by atoms with Gasteiger partial charge in [-0.05, 0) is 65.7 Å². The monoisotopic (exact) mass is 488 g/mol. The summed E-state index contributed by atoms with van der Waals surface area (Å²) in [4.78, 5) is 39.4. The Labute approximate surface area is 206 Å². The van der Waals surface area contributed by atoms with Crippen molar-refractivity contribution in [2.75, 3.05) is 33.9 Å². The van der Waals surface area contributed by atoms with Crippen molar-refractivity contribution in [2.24, 2.45) is 10.5 Å². The average Bonchev–Trinajstić information content (AvgIpc) is 3.05. The van der Waals surface area contributed by atoms with Crippen LogP contribution in [0.3, 0.4) is 0 Å². The summed E-state index contributed by atoms with van der Waals surface area (Å²) in [5.41, 5.74) is 0.0368. The number of methoxy groups -OCH3 is 2. The predicted octanol–water partition coefficient (Wildman–Crippen LogP) is 2.79. The molecule has 2 aliphatic rings. The van der Waals surface area contributed by atoms with E-state index >= 15 is 0 Å². The third kappa shape index (κ3) is 5.86. The van der Waals surface area contributed by atoms with E-state index in [0.717, 1.165) is 5.56 Å². The van der Waals surface area contributed by atoms with Crippen molar-refractivity contribution < 1.29 is 28.6 Å². The van der Waals surface area contributed by atoms with Gasteiger partial charge in [-0.2, -0.15) is 5.10 Å². The lowest BCUT2D eigenvalue weighted by molar-refractivity contribution is -0.139. The number of benzene rings is 1. The van der Waals surface area contributed by atoms with Crippen LogP contribution in [0.25, 0.3) is 0 Å². The molecule has 0 spiro atoms. The van der Waals surface area contributed by atoms with E-state index in [1.54, 1.807) is 51.0 Å². The molecule has 192 valence electrons. The van der Waals surface area contributed by atoms with Crippen LogP contribution in [-0.2, 0) is 14.3 Å². The molecule has 1 aromatic carbocycles. The summed E-state index contributed by atoms with van der Waals surface area (Å²) in [6, 6.07) is 5.39. The summed E-state index contributed by atoms with van der Waals surface area (Å²) in [5.74, 6) is 0.922. The number of nitrogens with one attached hydrogen (secondary N) is 1. The lowest BCUT2D eigenvalue weighted by Gasteiger charge is -2.35. The molecule has 1 fully saturated rings. The number of hydrazone groups is 1. The minimum Gasteiger partial charge on any atom is -0.493 e. The minimum absolute atomic E-state index is 0.0707. The zero-order chi connectivity index (χ0) is 26.0. The average molecular weight is 489 g/mol. The van der Waals surface area contributed by atoms with Crippen LogP contribution in [0.4, 0.5) is 4.79 Å². The molecule has 10 heteroatoms. The molecule has 1 saturated heterocycles. The van der Waals surface area contributed by atoms with Gasteiger partial charge in [-0.15, -0.1) is 0 Å². The van der Waals surface area contributed by atoms with E-state index in [4.69, 9.17) is 19.3 Å². The first kappa shape index (κ1) is 26.3. The number of nitrogens with zero attached hydrogens (tertiary/aromatic N) is 3. The van der Waals surface area contributed by atoms with Gasteiger partial charge in [0, 0.05) is 18.7 Å². The molecule has 3 rings (SSSR count). The summed E-state index contributed by atoms with van der Waals surface area (Å²) in [6.45, 7) is 9.85. The number of piperidine rings is 1. The number of alkyl carbamates (subject to hydrolysis) is 1. The molecular formula is C25H36N4O6. The predicted molar refractivity (Wildman–Crippen MR) is 131 cm³/mol. The number of hydrogen-bond donors (Lipinski definition) is 1. The summed E-state index contributed by atoms with van der Waals surface area (Å²) < 4.78 is 15.9. The first-order chi connectivity index (χ1) is 16.4. The van der Waals surface area contributed by atoms with E-state index in [2.05, 4.69) is 5.32 Å². The smallest absolute Gasteiger partial charge is 0.408 e. The van der Waals surface area contributed by atoms with E-state index in [9.17, 15) is 14.4 Å². The standard InChI is InChI=1S/C25H36N4O6/c1-24(2,3)35-23(32)26-15-20(30)28-12-10-17(11-13-28)29-22(31)25(4,5)21(27-29)16-8-9-18(33-6)19(14-16)34-7/h8-9,14,17H,10-13,15H2,1-7H3,(H,26,32). The molecule has 2 aliphatic heterocycles. The van der Waals surface area contributed by atoms with Gasteiger partial charge in [0.25, 0.3) is 5.91 Å². The van der Waals surface area contributed by atoms with Crippen LogP contribution in [0, 0.1) is 5.41 Å². The molecular weight excluding hydrogens is 452 g/mol. The molecule has 1 aromatic rings. The van der Waals surface area contributed by atoms with E-state index in [-0.39, 0.29) is 24.4 Å². The van der Waals surface area contributed by atoms with Crippen LogP contribution in [0.2, 0.25) is 0 Å². The molecule has 35 heavy (non-hydrogen) atoms. The van der Waals surface area contributed by atoms with E-state index < -0.39 is 17.1 Å². The number of rotatable bonds is 6. The maximum atomic E-state index is 13.3. The molecule has 0 bridgehead atoms. The number of carbonyl (C=O) groups is 3. The fourth-order valence-electron chi connectivity index (χ4n) is 4.25. The van der Waals surface area contributed by atoms with E-state index in [1.165, 1.54) is 0 Å². The van der Waals surface area contributed by atoms with Gasteiger partial charge in [-0.3, -0.25) is 9.59 Å². The Morgan fingerprint density at radius 2 is 1.74 bits per heavy atom. The highest BCUT2D eigenvalue weighted by atomic mass is 16.6. The molecule has 2 heterocycles. The van der Waals surface area contributed by atoms with Crippen molar-refractivity contribution in [3.05, 3.63) is 23.8 Å². The van der Waals surface area contributed by atoms with Crippen LogP contribution in [-0.4, -0.2) is 79.0 Å². The van der Waals surface area contributed by atoms with Crippen molar-refractivity contribution in [1.82, 2.24) is 15.2 Å². The highest BCUT2D eigenvalue weighted by molar-refractivity contribution is 6.19. The Balaban J connectivity index is 1.64. The highest BCUT2D eigenvalue weighted by Crippen LogP contribution is 2.37. The SMILES string of the molecule is COc1ccc(C2=NN(C3CCN(C(=O)CNC(=O)OC(C)(C)C)CC3)C(=O)C2(C)C)cc1OC. The fourth-order valence-corrected chi connectivity index (χ4v) is 4.25. The van der Waals surface area contributed by atoms with Crippen LogP contribution in [0.5, 0.6) is 11.5 Å². The first-order valence-corrected chi connectivity index (χ1v) is 11.8. The Hall–Kier alpha value is -3.30. The van der Waals surface area contributed by atoms with Crippen molar-refractivity contribution >= 4 is 23.6 Å². The van der Waals surface area contributed by atoms with Gasteiger partial charge in [0.2, 0.25) is 5.91 Å². The summed E-state index contributed by atoms with van der Waals surface area (Å²) >= 11 is 0. The van der Waals surface area contributed by atoms with Crippen molar-refractivity contribution in [1.29, 1.82) is 0 Å². The maximum absolute atomic E-state index is 13.3. The summed E-state index contributed by atoms with van der Waals surface area (Å²) in [6.07, 6.45) is 0.577. The van der Waals surface area contributed by atoms with Crippen LogP contribution in [0.15, 0.2) is 23.3 Å². The molecule has 0 aliphatic carbocycles. The molecule has 3 amide bonds. The Kier molecular flexibility index (Phi) is 7.62. The zero-order valence-corrected chi connectivity index (χ0v) is 21.6. The molecule has 0 unspecified atom stereocenters. The van der Waals surface area contributed by atoms with Gasteiger partial charge in [-0.25, -0.2) is 9.80 Å². The second-order valence-electron chi connectivity index (χ2n) is 10.3. The van der Waals surface area contributed by atoms with Crippen molar-refractivity contribution in [2.45, 2.75) is 59.1 Å². The molecule has 0 aromatic heterocycles. The minimum atomic E-state index is -0.802. The lowest BCUT2D eigenvalue weighted by atomic mass is 9.83. The second kappa shape index (κ2) is 10.1. The quantitative estimate of drug-likeness (QED) is 0.659. The third-order valence-electron chi connectivity index (χ3n) is 6.15. The van der Waals surface area contributed by atoms with E-state index in [1.807, 2.05) is 26.0 Å². The van der Waals surface area contributed by atoms with Crippen molar-refractivity contribution in [3.8, 4) is 11.5 Å². The van der Waals surface area contributed by atoms with E-state index in [0.29, 0.717) is 43.1 Å². The Bertz CT molecular complexity index is 1010. The number of ether oxygens (including phenoxy) is 3. The highest BCUT2D eigenvalue weighted by Gasteiger charge is 2.47.